The van der Waals surface area contributed by atoms with Crippen LogP contribution in [0.5, 0.6) is 0 Å². The molecule has 0 saturated heterocycles. The van der Waals surface area contributed by atoms with Crippen molar-refractivity contribution >= 4 is 11.6 Å². The largest absolute Gasteiger partial charge is 0.299 e. The average Bonchev–Trinajstić information content (AvgIpc) is 2.51. The number of aromatic nitrogens is 2. The van der Waals surface area contributed by atoms with E-state index in [1.54, 1.807) is 19.3 Å². The molecule has 1 aromatic heterocycles. The van der Waals surface area contributed by atoms with Gasteiger partial charge >= 0.3 is 0 Å². The van der Waals surface area contributed by atoms with Crippen LogP contribution in [0, 0.1) is 0 Å². The highest BCUT2D eigenvalue weighted by molar-refractivity contribution is 6.06. The number of carbonyl (C=O) groups is 2. The predicted octanol–water partition coefficient (Wildman–Crippen LogP) is 1.36. The second-order valence-corrected chi connectivity index (χ2v) is 3.23. The molecule has 0 saturated carbocycles. The van der Waals surface area contributed by atoms with Crippen LogP contribution in [0.1, 0.15) is 36.7 Å². The SMILES string of the molecule is CCCC(=O)CC(=O)c1ccnn1C. The molecule has 0 fully saturated rings. The lowest BCUT2D eigenvalue weighted by molar-refractivity contribution is -0.118. The summed E-state index contributed by atoms with van der Waals surface area (Å²) in [4.78, 5) is 22.7. The molecule has 0 atom stereocenters. The molecular formula is C10H14N2O2. The normalized spacial score (nSPS) is 10.1. The van der Waals surface area contributed by atoms with Gasteiger partial charge in [-0.05, 0) is 12.5 Å². The predicted molar refractivity (Wildman–Crippen MR) is 52.1 cm³/mol. The van der Waals surface area contributed by atoms with Gasteiger partial charge in [-0.3, -0.25) is 14.3 Å². The molecule has 1 rings (SSSR count). The topological polar surface area (TPSA) is 52.0 Å². The van der Waals surface area contributed by atoms with E-state index in [0.29, 0.717) is 12.1 Å². The average molecular weight is 194 g/mol. The van der Waals surface area contributed by atoms with Gasteiger partial charge in [0, 0.05) is 19.7 Å². The van der Waals surface area contributed by atoms with Crippen LogP contribution in [0.2, 0.25) is 0 Å². The van der Waals surface area contributed by atoms with Gasteiger partial charge in [-0.25, -0.2) is 0 Å². The summed E-state index contributed by atoms with van der Waals surface area (Å²) in [6, 6.07) is 1.63. The van der Waals surface area contributed by atoms with Gasteiger partial charge in [0.1, 0.15) is 11.5 Å². The van der Waals surface area contributed by atoms with E-state index in [2.05, 4.69) is 5.10 Å². The van der Waals surface area contributed by atoms with Gasteiger partial charge in [0.25, 0.3) is 0 Å². The van der Waals surface area contributed by atoms with Crippen LogP contribution in [-0.2, 0) is 11.8 Å². The van der Waals surface area contributed by atoms with Crippen molar-refractivity contribution in [2.45, 2.75) is 26.2 Å². The highest BCUT2D eigenvalue weighted by atomic mass is 16.1. The van der Waals surface area contributed by atoms with Gasteiger partial charge in [0.2, 0.25) is 0 Å². The highest BCUT2D eigenvalue weighted by Crippen LogP contribution is 2.04. The maximum absolute atomic E-state index is 11.5. The molecule has 0 aliphatic rings. The molecule has 14 heavy (non-hydrogen) atoms. The van der Waals surface area contributed by atoms with Crippen molar-refractivity contribution in [2.75, 3.05) is 0 Å². The van der Waals surface area contributed by atoms with Crippen molar-refractivity contribution < 1.29 is 9.59 Å². The van der Waals surface area contributed by atoms with E-state index in [-0.39, 0.29) is 18.0 Å². The molecule has 76 valence electrons. The zero-order valence-corrected chi connectivity index (χ0v) is 8.49. The Morgan fingerprint density at radius 1 is 1.50 bits per heavy atom. The van der Waals surface area contributed by atoms with E-state index in [9.17, 15) is 9.59 Å². The molecule has 4 nitrogen and oxygen atoms in total. The van der Waals surface area contributed by atoms with E-state index in [1.165, 1.54) is 4.68 Å². The molecule has 0 bridgehead atoms. The molecule has 1 heterocycles. The number of carbonyl (C=O) groups excluding carboxylic acids is 2. The summed E-state index contributed by atoms with van der Waals surface area (Å²) < 4.78 is 1.49. The van der Waals surface area contributed by atoms with Crippen LogP contribution in [0.4, 0.5) is 0 Å². The highest BCUT2D eigenvalue weighted by Gasteiger charge is 2.13. The Kier molecular flexibility index (Phi) is 3.56. The maximum Gasteiger partial charge on any atom is 0.188 e. The minimum Gasteiger partial charge on any atom is -0.299 e. The smallest absolute Gasteiger partial charge is 0.188 e. The summed E-state index contributed by atoms with van der Waals surface area (Å²) in [6.07, 6.45) is 2.81. The molecule has 0 spiro atoms. The second kappa shape index (κ2) is 4.69. The Balaban J connectivity index is 2.59. The molecule has 0 aliphatic carbocycles. The Morgan fingerprint density at radius 3 is 2.71 bits per heavy atom. The first-order valence-electron chi connectivity index (χ1n) is 4.68. The molecule has 0 aliphatic heterocycles. The molecule has 0 aromatic carbocycles. The van der Waals surface area contributed by atoms with Crippen molar-refractivity contribution in [3.63, 3.8) is 0 Å². The summed E-state index contributed by atoms with van der Waals surface area (Å²) >= 11 is 0. The van der Waals surface area contributed by atoms with Crippen LogP contribution >= 0.6 is 0 Å². The first kappa shape index (κ1) is 10.6. The molecule has 0 N–H and O–H groups in total. The Hall–Kier alpha value is -1.45. The van der Waals surface area contributed by atoms with Crippen molar-refractivity contribution in [1.82, 2.24) is 9.78 Å². The number of Topliss-reactive ketones (excluding diaryl/α,β-unsaturated/α-hetero) is 2. The maximum atomic E-state index is 11.5. The quantitative estimate of drug-likeness (QED) is 0.525. The zero-order chi connectivity index (χ0) is 10.6. The van der Waals surface area contributed by atoms with Crippen molar-refractivity contribution in [3.8, 4) is 0 Å². The van der Waals surface area contributed by atoms with Gasteiger partial charge in [-0.1, -0.05) is 6.92 Å². The van der Waals surface area contributed by atoms with Crippen LogP contribution in [0.3, 0.4) is 0 Å². The van der Waals surface area contributed by atoms with Gasteiger partial charge in [-0.2, -0.15) is 5.10 Å². The molecule has 1 aromatic rings. The van der Waals surface area contributed by atoms with Crippen LogP contribution in [0.25, 0.3) is 0 Å². The van der Waals surface area contributed by atoms with Crippen molar-refractivity contribution in [2.24, 2.45) is 7.05 Å². The number of nitrogens with zero attached hydrogens (tertiary/aromatic N) is 2. The summed E-state index contributed by atoms with van der Waals surface area (Å²) in [6.45, 7) is 1.92. The minimum atomic E-state index is -0.150. The molecule has 4 heteroatoms. The molecular weight excluding hydrogens is 180 g/mol. The number of rotatable bonds is 5. The molecule has 0 radical (unpaired) electrons. The lowest BCUT2D eigenvalue weighted by Gasteiger charge is -1.99. The van der Waals surface area contributed by atoms with E-state index in [4.69, 9.17) is 0 Å². The third-order valence-electron chi connectivity index (χ3n) is 1.99. The van der Waals surface area contributed by atoms with E-state index < -0.39 is 0 Å². The fourth-order valence-electron chi connectivity index (χ4n) is 1.28. The first-order valence-corrected chi connectivity index (χ1v) is 4.68. The van der Waals surface area contributed by atoms with Crippen LogP contribution in [0.15, 0.2) is 12.3 Å². The van der Waals surface area contributed by atoms with Gasteiger partial charge in [0.05, 0.1) is 6.42 Å². The van der Waals surface area contributed by atoms with Gasteiger partial charge in [-0.15, -0.1) is 0 Å². The third-order valence-corrected chi connectivity index (χ3v) is 1.99. The summed E-state index contributed by atoms with van der Waals surface area (Å²) in [5.41, 5.74) is 0.495. The summed E-state index contributed by atoms with van der Waals surface area (Å²) in [7, 11) is 1.69. The number of hydrogen-bond donors (Lipinski definition) is 0. The van der Waals surface area contributed by atoms with E-state index in [0.717, 1.165) is 6.42 Å². The Morgan fingerprint density at radius 2 is 2.21 bits per heavy atom. The molecule has 0 unspecified atom stereocenters. The van der Waals surface area contributed by atoms with Crippen molar-refractivity contribution in [1.29, 1.82) is 0 Å². The number of hydrogen-bond acceptors (Lipinski definition) is 3. The second-order valence-electron chi connectivity index (χ2n) is 3.23. The Labute approximate surface area is 82.9 Å². The molecule has 0 amide bonds. The van der Waals surface area contributed by atoms with Crippen molar-refractivity contribution in [3.05, 3.63) is 18.0 Å². The monoisotopic (exact) mass is 194 g/mol. The zero-order valence-electron chi connectivity index (χ0n) is 8.49. The number of aryl methyl sites for hydroxylation is 1. The summed E-state index contributed by atoms with van der Waals surface area (Å²) in [5, 5.41) is 3.88. The fourth-order valence-corrected chi connectivity index (χ4v) is 1.28. The fraction of sp³-hybridized carbons (Fsp3) is 0.500. The lowest BCUT2D eigenvalue weighted by Crippen LogP contribution is -2.11. The minimum absolute atomic E-state index is 0.00120. The third kappa shape index (κ3) is 2.52. The first-order chi connectivity index (χ1) is 6.65. The Bertz CT molecular complexity index is 342. The summed E-state index contributed by atoms with van der Waals surface area (Å²) in [5.74, 6) is -0.151. The number of ketones is 2. The standard InChI is InChI=1S/C10H14N2O2/c1-3-4-8(13)7-10(14)9-5-6-11-12(9)2/h5-6H,3-4,7H2,1-2H3. The van der Waals surface area contributed by atoms with E-state index in [1.807, 2.05) is 6.92 Å². The van der Waals surface area contributed by atoms with Gasteiger partial charge < -0.3 is 0 Å². The van der Waals surface area contributed by atoms with Crippen LogP contribution < -0.4 is 0 Å². The van der Waals surface area contributed by atoms with Gasteiger partial charge in [0.15, 0.2) is 5.78 Å². The van der Waals surface area contributed by atoms with Crippen LogP contribution in [-0.4, -0.2) is 21.3 Å². The van der Waals surface area contributed by atoms with E-state index >= 15 is 0 Å². The lowest BCUT2D eigenvalue weighted by atomic mass is 10.1.